The lowest BCUT2D eigenvalue weighted by Crippen LogP contribution is -2.35. The van der Waals surface area contributed by atoms with Crippen LogP contribution in [0.1, 0.15) is 72.6 Å². The molecule has 0 amide bonds. The maximum absolute atomic E-state index is 13.8. The second-order valence-corrected chi connectivity index (χ2v) is 7.15. The summed E-state index contributed by atoms with van der Waals surface area (Å²) < 4.78 is 33.2. The van der Waals surface area contributed by atoms with E-state index in [4.69, 9.17) is 4.74 Å². The Morgan fingerprint density at radius 1 is 1.11 bits per heavy atom. The molecule has 1 rings (SSSR count). The summed E-state index contributed by atoms with van der Waals surface area (Å²) in [5, 5.41) is 0. The normalized spacial score (nSPS) is 19.3. The summed E-state index contributed by atoms with van der Waals surface area (Å²) in [7, 11) is 0. The van der Waals surface area contributed by atoms with Crippen LogP contribution in [-0.2, 0) is 4.74 Å². The van der Waals surface area contributed by atoms with Gasteiger partial charge >= 0.3 is 0 Å². The maximum Gasteiger partial charge on any atom is 0.252 e. The number of halogens is 2. The summed E-state index contributed by atoms with van der Waals surface area (Å²) in [5.41, 5.74) is -0.612. The van der Waals surface area contributed by atoms with Crippen LogP contribution < -0.4 is 0 Å². The molecule has 0 N–H and O–H groups in total. The Morgan fingerprint density at radius 3 is 2.16 bits per heavy atom. The van der Waals surface area contributed by atoms with E-state index >= 15 is 0 Å². The first-order chi connectivity index (χ1) is 8.72. The van der Waals surface area contributed by atoms with Gasteiger partial charge in [-0.2, -0.15) is 0 Å². The van der Waals surface area contributed by atoms with Gasteiger partial charge in [0.25, 0.3) is 5.92 Å². The average Bonchev–Trinajstić information content (AvgIpc) is 2.24. The highest BCUT2D eigenvalue weighted by Crippen LogP contribution is 2.46. The van der Waals surface area contributed by atoms with E-state index in [9.17, 15) is 8.78 Å². The van der Waals surface area contributed by atoms with E-state index in [1.54, 1.807) is 20.8 Å². The van der Waals surface area contributed by atoms with E-state index < -0.39 is 11.3 Å². The molecule has 19 heavy (non-hydrogen) atoms. The smallest absolute Gasteiger partial charge is 0.252 e. The van der Waals surface area contributed by atoms with Crippen LogP contribution in [0, 0.1) is 10.8 Å². The molecule has 0 unspecified atom stereocenters. The number of ether oxygens (including phenoxy) is 1. The van der Waals surface area contributed by atoms with Crippen LogP contribution >= 0.6 is 0 Å². The van der Waals surface area contributed by atoms with Crippen LogP contribution in [0.2, 0.25) is 0 Å². The first-order valence-electron chi connectivity index (χ1n) is 7.68. The number of rotatable bonds is 8. The van der Waals surface area contributed by atoms with Crippen LogP contribution in [0.3, 0.4) is 0 Å². The topological polar surface area (TPSA) is 9.23 Å². The predicted octanol–water partition coefficient (Wildman–Crippen LogP) is 5.44. The van der Waals surface area contributed by atoms with Crippen LogP contribution in [-0.4, -0.2) is 19.1 Å². The minimum absolute atomic E-state index is 0.0151. The van der Waals surface area contributed by atoms with Crippen molar-refractivity contribution in [3.05, 3.63) is 0 Å². The molecule has 0 aliphatic heterocycles. The number of unbranched alkanes of at least 4 members (excludes halogenated alkanes) is 1. The van der Waals surface area contributed by atoms with E-state index in [1.165, 1.54) is 19.3 Å². The molecule has 0 spiro atoms. The van der Waals surface area contributed by atoms with Crippen LogP contribution in [0.15, 0.2) is 0 Å². The molecule has 114 valence electrons. The summed E-state index contributed by atoms with van der Waals surface area (Å²) in [6.07, 6.45) is 6.28. The molecule has 0 bridgehead atoms. The molecule has 1 aliphatic rings. The first kappa shape index (κ1) is 16.9. The van der Waals surface area contributed by atoms with Gasteiger partial charge in [-0.15, -0.1) is 0 Å². The van der Waals surface area contributed by atoms with E-state index in [-0.39, 0.29) is 6.42 Å². The van der Waals surface area contributed by atoms with Crippen LogP contribution in [0.4, 0.5) is 8.78 Å². The summed E-state index contributed by atoms with van der Waals surface area (Å²) in [6, 6.07) is 0. The Hall–Kier alpha value is -0.180. The third-order valence-corrected chi connectivity index (χ3v) is 4.57. The number of alkyl halides is 2. The molecule has 0 aromatic rings. The van der Waals surface area contributed by atoms with E-state index in [0.717, 1.165) is 26.1 Å². The Labute approximate surface area is 117 Å². The van der Waals surface area contributed by atoms with Gasteiger partial charge in [-0.05, 0) is 38.0 Å². The molecular weight excluding hydrogens is 246 g/mol. The molecular formula is C16H30F2O. The van der Waals surface area contributed by atoms with E-state index in [0.29, 0.717) is 11.8 Å². The fourth-order valence-electron chi connectivity index (χ4n) is 2.68. The molecule has 3 heteroatoms. The van der Waals surface area contributed by atoms with Gasteiger partial charge in [0.1, 0.15) is 0 Å². The van der Waals surface area contributed by atoms with Crippen molar-refractivity contribution in [1.82, 2.24) is 0 Å². The molecule has 0 saturated heterocycles. The second kappa shape index (κ2) is 6.51. The molecule has 1 nitrogen and oxygen atoms in total. The summed E-state index contributed by atoms with van der Waals surface area (Å²) in [6.45, 7) is 8.44. The lowest BCUT2D eigenvalue weighted by Gasteiger charge is -2.42. The van der Waals surface area contributed by atoms with Gasteiger partial charge in [0.2, 0.25) is 0 Å². The van der Waals surface area contributed by atoms with Crippen molar-refractivity contribution in [3.8, 4) is 0 Å². The van der Waals surface area contributed by atoms with Crippen molar-refractivity contribution >= 4 is 0 Å². The molecule has 1 fully saturated rings. The summed E-state index contributed by atoms with van der Waals surface area (Å²) in [5.74, 6) is -2.56. The van der Waals surface area contributed by atoms with Crippen molar-refractivity contribution in [3.63, 3.8) is 0 Å². The quantitative estimate of drug-likeness (QED) is 0.537. The second-order valence-electron chi connectivity index (χ2n) is 7.15. The average molecular weight is 276 g/mol. The van der Waals surface area contributed by atoms with Crippen molar-refractivity contribution in [1.29, 1.82) is 0 Å². The molecule has 1 saturated carbocycles. The molecule has 1 aliphatic carbocycles. The lowest BCUT2D eigenvalue weighted by molar-refractivity contribution is -0.105. The lowest BCUT2D eigenvalue weighted by atomic mass is 9.66. The van der Waals surface area contributed by atoms with Gasteiger partial charge in [0, 0.05) is 18.4 Å². The predicted molar refractivity (Wildman–Crippen MR) is 75.6 cm³/mol. The highest BCUT2D eigenvalue weighted by atomic mass is 19.3. The molecule has 0 radical (unpaired) electrons. The number of hydrogen-bond donors (Lipinski definition) is 0. The van der Waals surface area contributed by atoms with Gasteiger partial charge in [-0.25, -0.2) is 8.78 Å². The molecule has 0 heterocycles. The Balaban J connectivity index is 2.26. The third-order valence-electron chi connectivity index (χ3n) is 4.57. The van der Waals surface area contributed by atoms with Gasteiger partial charge in [0.05, 0.1) is 6.61 Å². The Kier molecular flexibility index (Phi) is 5.78. The number of hydrogen-bond acceptors (Lipinski definition) is 1. The minimum atomic E-state index is -2.56. The van der Waals surface area contributed by atoms with E-state index in [1.807, 2.05) is 6.92 Å². The maximum atomic E-state index is 13.8. The largest absolute Gasteiger partial charge is 0.381 e. The third kappa shape index (κ3) is 4.70. The fraction of sp³-hybridized carbons (Fsp3) is 1.00. The Bertz CT molecular complexity index is 264. The van der Waals surface area contributed by atoms with Gasteiger partial charge in [0.15, 0.2) is 0 Å². The molecule has 0 aromatic carbocycles. The zero-order chi connectivity index (χ0) is 14.6. The van der Waals surface area contributed by atoms with Crippen molar-refractivity contribution in [2.24, 2.45) is 10.8 Å². The fourth-order valence-corrected chi connectivity index (χ4v) is 2.68. The van der Waals surface area contributed by atoms with Crippen LogP contribution in [0.25, 0.3) is 0 Å². The van der Waals surface area contributed by atoms with Gasteiger partial charge in [-0.1, -0.05) is 33.6 Å². The molecule has 0 atom stereocenters. The van der Waals surface area contributed by atoms with Crippen molar-refractivity contribution in [2.75, 3.05) is 13.2 Å². The minimum Gasteiger partial charge on any atom is -0.381 e. The van der Waals surface area contributed by atoms with Gasteiger partial charge < -0.3 is 4.74 Å². The standard InChI is InChI=1S/C16H30F2O/c1-5-19-13-15(10-8-11-15)9-6-7-12-16(17,18)14(2,3)4/h5-13H2,1-4H3. The van der Waals surface area contributed by atoms with Crippen molar-refractivity contribution < 1.29 is 13.5 Å². The zero-order valence-electron chi connectivity index (χ0n) is 13.0. The molecule has 0 aromatic heterocycles. The highest BCUT2D eigenvalue weighted by Gasteiger charge is 2.42. The summed E-state index contributed by atoms with van der Waals surface area (Å²) in [4.78, 5) is 0. The van der Waals surface area contributed by atoms with Crippen LogP contribution in [0.5, 0.6) is 0 Å². The first-order valence-corrected chi connectivity index (χ1v) is 7.68. The SMILES string of the molecule is CCOCC1(CCCCC(F)(F)C(C)(C)C)CCC1. The van der Waals surface area contributed by atoms with E-state index in [2.05, 4.69) is 0 Å². The van der Waals surface area contributed by atoms with Crippen molar-refractivity contribution in [2.45, 2.75) is 78.6 Å². The van der Waals surface area contributed by atoms with Gasteiger partial charge in [-0.3, -0.25) is 0 Å². The Morgan fingerprint density at radius 2 is 1.74 bits per heavy atom. The monoisotopic (exact) mass is 276 g/mol. The summed E-state index contributed by atoms with van der Waals surface area (Å²) >= 11 is 0. The highest BCUT2D eigenvalue weighted by molar-refractivity contribution is 4.88. The zero-order valence-corrected chi connectivity index (χ0v) is 13.0.